The molecule has 0 bridgehead atoms. The molecule has 0 aliphatic carbocycles. The van der Waals surface area contributed by atoms with Gasteiger partial charge in [-0.3, -0.25) is 9.59 Å². The van der Waals surface area contributed by atoms with Crippen molar-refractivity contribution >= 4 is 34.8 Å². The highest BCUT2D eigenvalue weighted by Gasteiger charge is 2.18. The Bertz CT molecular complexity index is 744. The molecule has 2 aromatic rings. The fraction of sp³-hybridized carbons (Fsp3) is 0.222. The molecule has 0 aliphatic rings. The Balaban J connectivity index is 2.20. The molecule has 0 fully saturated rings. The van der Waals surface area contributed by atoms with Crippen LogP contribution >= 0.6 is 11.6 Å². The smallest absolute Gasteiger partial charge is 0.244 e. The van der Waals surface area contributed by atoms with E-state index in [2.05, 4.69) is 5.32 Å². The van der Waals surface area contributed by atoms with Crippen molar-refractivity contribution in [2.24, 2.45) is 0 Å². The third-order valence-corrected chi connectivity index (χ3v) is 3.80. The molecule has 23 heavy (non-hydrogen) atoms. The monoisotopic (exact) mass is 330 g/mol. The highest BCUT2D eigenvalue weighted by atomic mass is 35.5. The molecule has 5 heteroatoms. The van der Waals surface area contributed by atoms with E-state index in [9.17, 15) is 9.59 Å². The Morgan fingerprint density at radius 1 is 1.09 bits per heavy atom. The van der Waals surface area contributed by atoms with Crippen molar-refractivity contribution in [2.75, 3.05) is 16.8 Å². The SMILES string of the molecule is CC(=O)N(CC(=O)Nc1ccccc1C)c1cc(Cl)ccc1C. The first-order chi connectivity index (χ1) is 10.9. The van der Waals surface area contributed by atoms with Crippen molar-refractivity contribution in [3.8, 4) is 0 Å². The number of para-hydroxylation sites is 1. The molecule has 0 aliphatic heterocycles. The summed E-state index contributed by atoms with van der Waals surface area (Å²) in [5, 5.41) is 3.36. The Morgan fingerprint density at radius 2 is 1.78 bits per heavy atom. The molecule has 2 aromatic carbocycles. The van der Waals surface area contributed by atoms with Crippen LogP contribution < -0.4 is 10.2 Å². The molecular weight excluding hydrogens is 312 g/mol. The lowest BCUT2D eigenvalue weighted by molar-refractivity contribution is -0.120. The normalized spacial score (nSPS) is 10.3. The lowest BCUT2D eigenvalue weighted by Crippen LogP contribution is -2.37. The zero-order valence-electron chi connectivity index (χ0n) is 13.4. The number of amides is 2. The van der Waals surface area contributed by atoms with Gasteiger partial charge in [0.25, 0.3) is 0 Å². The van der Waals surface area contributed by atoms with Crippen molar-refractivity contribution < 1.29 is 9.59 Å². The van der Waals surface area contributed by atoms with Crippen LogP contribution in [0, 0.1) is 13.8 Å². The maximum Gasteiger partial charge on any atom is 0.244 e. The number of aryl methyl sites for hydroxylation is 2. The summed E-state index contributed by atoms with van der Waals surface area (Å²) in [5.41, 5.74) is 3.23. The van der Waals surface area contributed by atoms with Gasteiger partial charge in [0.05, 0.1) is 0 Å². The average Bonchev–Trinajstić information content (AvgIpc) is 2.49. The standard InChI is InChI=1S/C18H19ClN2O2/c1-12-6-4-5-7-16(12)20-18(23)11-21(14(3)22)17-10-15(19)9-8-13(17)2/h4-10H,11H2,1-3H3,(H,20,23). The van der Waals surface area contributed by atoms with Crippen molar-refractivity contribution in [1.82, 2.24) is 0 Å². The number of anilines is 2. The van der Waals surface area contributed by atoms with E-state index in [0.29, 0.717) is 10.7 Å². The maximum atomic E-state index is 12.3. The van der Waals surface area contributed by atoms with Crippen LogP contribution in [0.25, 0.3) is 0 Å². The number of benzene rings is 2. The van der Waals surface area contributed by atoms with Crippen LogP contribution in [0.3, 0.4) is 0 Å². The summed E-state index contributed by atoms with van der Waals surface area (Å²) < 4.78 is 0. The predicted octanol–water partition coefficient (Wildman–Crippen LogP) is 3.95. The van der Waals surface area contributed by atoms with E-state index in [1.807, 2.05) is 44.2 Å². The summed E-state index contributed by atoms with van der Waals surface area (Å²) in [7, 11) is 0. The fourth-order valence-corrected chi connectivity index (χ4v) is 2.45. The van der Waals surface area contributed by atoms with Gasteiger partial charge in [-0.2, -0.15) is 0 Å². The molecular formula is C18H19ClN2O2. The van der Waals surface area contributed by atoms with Gasteiger partial charge in [0, 0.05) is 23.3 Å². The number of nitrogens with one attached hydrogen (secondary N) is 1. The van der Waals surface area contributed by atoms with Gasteiger partial charge in [-0.15, -0.1) is 0 Å². The number of halogens is 1. The van der Waals surface area contributed by atoms with Gasteiger partial charge in [-0.1, -0.05) is 35.9 Å². The molecule has 2 rings (SSSR count). The van der Waals surface area contributed by atoms with E-state index in [-0.39, 0.29) is 18.4 Å². The summed E-state index contributed by atoms with van der Waals surface area (Å²) in [6, 6.07) is 12.8. The Kier molecular flexibility index (Phi) is 5.40. The van der Waals surface area contributed by atoms with Gasteiger partial charge in [0.1, 0.15) is 6.54 Å². The molecule has 0 aromatic heterocycles. The van der Waals surface area contributed by atoms with Crippen LogP contribution in [-0.4, -0.2) is 18.4 Å². The minimum Gasteiger partial charge on any atom is -0.324 e. The second-order valence-electron chi connectivity index (χ2n) is 5.40. The molecule has 0 atom stereocenters. The topological polar surface area (TPSA) is 49.4 Å². The molecule has 120 valence electrons. The van der Waals surface area contributed by atoms with Crippen LogP contribution in [-0.2, 0) is 9.59 Å². The number of rotatable bonds is 4. The molecule has 0 radical (unpaired) electrons. The van der Waals surface area contributed by atoms with E-state index in [1.54, 1.807) is 12.1 Å². The molecule has 0 heterocycles. The van der Waals surface area contributed by atoms with Gasteiger partial charge in [-0.25, -0.2) is 0 Å². The first kappa shape index (κ1) is 17.0. The fourth-order valence-electron chi connectivity index (χ4n) is 2.29. The Labute approximate surface area is 141 Å². The van der Waals surface area contributed by atoms with Crippen molar-refractivity contribution in [3.05, 3.63) is 58.6 Å². The van der Waals surface area contributed by atoms with Crippen LogP contribution in [0.1, 0.15) is 18.1 Å². The summed E-state index contributed by atoms with van der Waals surface area (Å²) in [4.78, 5) is 25.7. The van der Waals surface area contributed by atoms with Crippen LogP contribution in [0.2, 0.25) is 5.02 Å². The lowest BCUT2D eigenvalue weighted by Gasteiger charge is -2.23. The average molecular weight is 331 g/mol. The molecule has 2 amide bonds. The summed E-state index contributed by atoms with van der Waals surface area (Å²) in [5.74, 6) is -0.468. The molecule has 0 spiro atoms. The van der Waals surface area contributed by atoms with Crippen LogP contribution in [0.15, 0.2) is 42.5 Å². The van der Waals surface area contributed by atoms with E-state index in [4.69, 9.17) is 11.6 Å². The van der Waals surface area contributed by atoms with E-state index in [0.717, 1.165) is 16.8 Å². The van der Waals surface area contributed by atoms with Crippen LogP contribution in [0.5, 0.6) is 0 Å². The second-order valence-corrected chi connectivity index (χ2v) is 5.84. The van der Waals surface area contributed by atoms with Gasteiger partial charge in [-0.05, 0) is 43.2 Å². The summed E-state index contributed by atoms with van der Waals surface area (Å²) >= 11 is 6.01. The number of hydrogen-bond donors (Lipinski definition) is 1. The molecule has 4 nitrogen and oxygen atoms in total. The first-order valence-electron chi connectivity index (χ1n) is 7.28. The Morgan fingerprint density at radius 3 is 2.43 bits per heavy atom. The van der Waals surface area contributed by atoms with Crippen molar-refractivity contribution in [1.29, 1.82) is 0 Å². The molecule has 1 N–H and O–H groups in total. The zero-order valence-corrected chi connectivity index (χ0v) is 14.1. The summed E-state index contributed by atoms with van der Waals surface area (Å²) in [6.07, 6.45) is 0. The van der Waals surface area contributed by atoms with E-state index < -0.39 is 0 Å². The third kappa shape index (κ3) is 4.33. The first-order valence-corrected chi connectivity index (χ1v) is 7.66. The minimum atomic E-state index is -0.256. The number of carbonyl (C=O) groups is 2. The lowest BCUT2D eigenvalue weighted by atomic mass is 10.1. The van der Waals surface area contributed by atoms with Gasteiger partial charge < -0.3 is 10.2 Å². The molecule has 0 saturated carbocycles. The number of carbonyl (C=O) groups excluding carboxylic acids is 2. The largest absolute Gasteiger partial charge is 0.324 e. The highest BCUT2D eigenvalue weighted by molar-refractivity contribution is 6.31. The Hall–Kier alpha value is -2.33. The maximum absolute atomic E-state index is 12.3. The van der Waals surface area contributed by atoms with Gasteiger partial charge in [0.2, 0.25) is 11.8 Å². The molecule has 0 saturated heterocycles. The second kappa shape index (κ2) is 7.29. The van der Waals surface area contributed by atoms with Crippen LogP contribution in [0.4, 0.5) is 11.4 Å². The van der Waals surface area contributed by atoms with Gasteiger partial charge >= 0.3 is 0 Å². The number of nitrogens with zero attached hydrogens (tertiary/aromatic N) is 1. The summed E-state index contributed by atoms with van der Waals surface area (Å²) in [6.45, 7) is 5.16. The van der Waals surface area contributed by atoms with Crippen molar-refractivity contribution in [2.45, 2.75) is 20.8 Å². The highest BCUT2D eigenvalue weighted by Crippen LogP contribution is 2.24. The molecule has 0 unspecified atom stereocenters. The van der Waals surface area contributed by atoms with Crippen molar-refractivity contribution in [3.63, 3.8) is 0 Å². The zero-order chi connectivity index (χ0) is 17.0. The third-order valence-electron chi connectivity index (χ3n) is 3.56. The van der Waals surface area contributed by atoms with Gasteiger partial charge in [0.15, 0.2) is 0 Å². The van der Waals surface area contributed by atoms with E-state index >= 15 is 0 Å². The quantitative estimate of drug-likeness (QED) is 0.922. The minimum absolute atomic E-state index is 0.0646. The van der Waals surface area contributed by atoms with E-state index in [1.165, 1.54) is 11.8 Å². The number of hydrogen-bond acceptors (Lipinski definition) is 2. The predicted molar refractivity (Wildman–Crippen MR) is 94.0 cm³/mol.